The molecule has 0 rings (SSSR count). The van der Waals surface area contributed by atoms with Crippen LogP contribution in [0.2, 0.25) is 0 Å². The molecular formula is C9H12N2. The zero-order chi connectivity index (χ0) is 8.85. The van der Waals surface area contributed by atoms with Gasteiger partial charge in [-0.3, -0.25) is 0 Å². The zero-order valence-corrected chi connectivity index (χ0v) is 6.65. The zero-order valence-electron chi connectivity index (χ0n) is 6.65. The molecule has 0 amide bonds. The fourth-order valence-corrected chi connectivity index (χ4v) is 0.383. The summed E-state index contributed by atoms with van der Waals surface area (Å²) in [6.45, 7) is 8.76. The van der Waals surface area contributed by atoms with E-state index in [1.165, 1.54) is 18.2 Å². The Kier molecular flexibility index (Phi) is 3.81. The van der Waals surface area contributed by atoms with Gasteiger partial charge in [-0.2, -0.15) is 0 Å². The monoisotopic (exact) mass is 148 g/mol. The van der Waals surface area contributed by atoms with Crippen molar-refractivity contribution in [2.24, 2.45) is 0 Å². The van der Waals surface area contributed by atoms with Gasteiger partial charge in [-0.1, -0.05) is 13.2 Å². The van der Waals surface area contributed by atoms with Crippen LogP contribution in [0.1, 0.15) is 6.92 Å². The van der Waals surface area contributed by atoms with Gasteiger partial charge < -0.3 is 10.8 Å². The molecule has 0 aromatic rings. The van der Waals surface area contributed by atoms with Crippen molar-refractivity contribution in [3.63, 3.8) is 0 Å². The van der Waals surface area contributed by atoms with Crippen molar-refractivity contribution in [2.45, 2.75) is 6.92 Å². The highest BCUT2D eigenvalue weighted by Crippen LogP contribution is 1.92. The number of rotatable bonds is 4. The molecule has 0 unspecified atom stereocenters. The van der Waals surface area contributed by atoms with E-state index in [1.807, 2.05) is 0 Å². The Balaban J connectivity index is 4.14. The van der Waals surface area contributed by atoms with E-state index in [2.05, 4.69) is 13.2 Å². The second kappa shape index (κ2) is 4.39. The molecule has 0 atom stereocenters. The molecule has 11 heavy (non-hydrogen) atoms. The number of allylic oxidation sites excluding steroid dienone is 4. The first kappa shape index (κ1) is 9.56. The Morgan fingerprint density at radius 3 is 2.18 bits per heavy atom. The normalized spacial score (nSPS) is 9.55. The van der Waals surface area contributed by atoms with Crippen LogP contribution in [0.4, 0.5) is 0 Å². The molecule has 0 aliphatic rings. The van der Waals surface area contributed by atoms with Crippen molar-refractivity contribution in [2.75, 3.05) is 0 Å². The van der Waals surface area contributed by atoms with Gasteiger partial charge in [0.15, 0.2) is 0 Å². The van der Waals surface area contributed by atoms with Crippen LogP contribution in [0, 0.1) is 10.8 Å². The maximum absolute atomic E-state index is 7.29. The van der Waals surface area contributed by atoms with E-state index in [1.54, 1.807) is 6.92 Å². The summed E-state index contributed by atoms with van der Waals surface area (Å²) in [5.74, 6) is 0. The standard InChI is InChI=1S/C9H12N2/c1-4-8(10)5-6-9(11)7(2)3/h4-6,10-11H,1-2H2,3H3/b6-5-,10-8?,11-9?. The fourth-order valence-electron chi connectivity index (χ4n) is 0.383. The largest absolute Gasteiger partial charge is 0.301 e. The van der Waals surface area contributed by atoms with Crippen LogP contribution >= 0.6 is 0 Å². The van der Waals surface area contributed by atoms with E-state index in [0.717, 1.165) is 0 Å². The summed E-state index contributed by atoms with van der Waals surface area (Å²) in [6.07, 6.45) is 4.47. The van der Waals surface area contributed by atoms with Crippen LogP contribution in [0.5, 0.6) is 0 Å². The van der Waals surface area contributed by atoms with Crippen molar-refractivity contribution in [1.82, 2.24) is 0 Å². The predicted molar refractivity (Wildman–Crippen MR) is 49.6 cm³/mol. The van der Waals surface area contributed by atoms with Crippen LogP contribution in [0.15, 0.2) is 37.0 Å². The lowest BCUT2D eigenvalue weighted by Gasteiger charge is -1.92. The molecule has 2 N–H and O–H groups in total. The van der Waals surface area contributed by atoms with Gasteiger partial charge in [0, 0.05) is 0 Å². The molecule has 0 heterocycles. The molecule has 0 aliphatic carbocycles. The molecule has 2 heteroatoms. The topological polar surface area (TPSA) is 47.7 Å². The maximum Gasteiger partial charge on any atom is 0.0563 e. The molecule has 0 fully saturated rings. The summed E-state index contributed by atoms with van der Waals surface area (Å²) in [4.78, 5) is 0. The van der Waals surface area contributed by atoms with E-state index in [4.69, 9.17) is 10.8 Å². The molecular weight excluding hydrogens is 136 g/mol. The van der Waals surface area contributed by atoms with Crippen molar-refractivity contribution in [3.05, 3.63) is 37.0 Å². The van der Waals surface area contributed by atoms with Crippen molar-refractivity contribution in [3.8, 4) is 0 Å². The lowest BCUT2D eigenvalue weighted by Crippen LogP contribution is -1.92. The second-order valence-electron chi connectivity index (χ2n) is 2.19. The predicted octanol–water partition coefficient (Wildman–Crippen LogP) is 2.34. The van der Waals surface area contributed by atoms with Crippen molar-refractivity contribution >= 4 is 11.4 Å². The smallest absolute Gasteiger partial charge is 0.0563 e. The minimum atomic E-state index is 0.302. The molecule has 2 nitrogen and oxygen atoms in total. The Labute approximate surface area is 67.0 Å². The molecule has 0 aromatic heterocycles. The van der Waals surface area contributed by atoms with E-state index in [0.29, 0.717) is 17.0 Å². The van der Waals surface area contributed by atoms with Crippen molar-refractivity contribution in [1.29, 1.82) is 10.8 Å². The minimum Gasteiger partial charge on any atom is -0.301 e. The number of hydrogen-bond acceptors (Lipinski definition) is 2. The van der Waals surface area contributed by atoms with Crippen LogP contribution in [-0.2, 0) is 0 Å². The third-order valence-electron chi connectivity index (χ3n) is 1.11. The summed E-state index contributed by atoms with van der Waals surface area (Å²) in [7, 11) is 0. The highest BCUT2D eigenvalue weighted by Gasteiger charge is 1.89. The van der Waals surface area contributed by atoms with Crippen LogP contribution in [-0.4, -0.2) is 11.4 Å². The molecule has 0 saturated heterocycles. The summed E-state index contributed by atoms with van der Waals surface area (Å²) in [5, 5.41) is 14.4. The Morgan fingerprint density at radius 1 is 1.27 bits per heavy atom. The highest BCUT2D eigenvalue weighted by molar-refractivity contribution is 6.11. The molecule has 0 spiro atoms. The average molecular weight is 148 g/mol. The first-order valence-corrected chi connectivity index (χ1v) is 3.21. The fraction of sp³-hybridized carbons (Fsp3) is 0.111. The third kappa shape index (κ3) is 4.03. The first-order valence-electron chi connectivity index (χ1n) is 3.21. The molecule has 0 aliphatic heterocycles. The van der Waals surface area contributed by atoms with Crippen LogP contribution in [0.25, 0.3) is 0 Å². The first-order chi connectivity index (χ1) is 5.07. The Morgan fingerprint density at radius 2 is 1.82 bits per heavy atom. The van der Waals surface area contributed by atoms with E-state index >= 15 is 0 Å². The molecule has 0 radical (unpaired) electrons. The lowest BCUT2D eigenvalue weighted by atomic mass is 10.2. The maximum atomic E-state index is 7.29. The summed E-state index contributed by atoms with van der Waals surface area (Å²) in [5.41, 5.74) is 1.34. The average Bonchev–Trinajstić information content (AvgIpc) is 1.99. The van der Waals surface area contributed by atoms with Gasteiger partial charge in [0.2, 0.25) is 0 Å². The number of hydrogen-bond donors (Lipinski definition) is 2. The number of nitrogens with one attached hydrogen (secondary N) is 2. The summed E-state index contributed by atoms with van der Waals surface area (Å²) in [6, 6.07) is 0. The van der Waals surface area contributed by atoms with Gasteiger partial charge in [-0.15, -0.1) is 0 Å². The summed E-state index contributed by atoms with van der Waals surface area (Å²) < 4.78 is 0. The van der Waals surface area contributed by atoms with Crippen LogP contribution in [0.3, 0.4) is 0 Å². The molecule has 0 saturated carbocycles. The molecule has 58 valence electrons. The SMILES string of the molecule is C=CC(=N)/C=C\C(=N)C(=C)C. The van der Waals surface area contributed by atoms with Gasteiger partial charge in [-0.25, -0.2) is 0 Å². The molecule has 0 bridgehead atoms. The quantitative estimate of drug-likeness (QED) is 0.575. The minimum absolute atomic E-state index is 0.302. The van der Waals surface area contributed by atoms with E-state index in [9.17, 15) is 0 Å². The van der Waals surface area contributed by atoms with Crippen molar-refractivity contribution < 1.29 is 0 Å². The van der Waals surface area contributed by atoms with Crippen LogP contribution < -0.4 is 0 Å². The Hall–Kier alpha value is -1.44. The second-order valence-corrected chi connectivity index (χ2v) is 2.19. The van der Waals surface area contributed by atoms with Gasteiger partial charge in [0.1, 0.15) is 0 Å². The Bertz CT molecular complexity index is 234. The van der Waals surface area contributed by atoms with E-state index in [-0.39, 0.29) is 0 Å². The van der Waals surface area contributed by atoms with Gasteiger partial charge in [-0.05, 0) is 30.7 Å². The van der Waals surface area contributed by atoms with Gasteiger partial charge >= 0.3 is 0 Å². The van der Waals surface area contributed by atoms with E-state index < -0.39 is 0 Å². The van der Waals surface area contributed by atoms with Gasteiger partial charge in [0.25, 0.3) is 0 Å². The third-order valence-corrected chi connectivity index (χ3v) is 1.11. The highest BCUT2D eigenvalue weighted by atomic mass is 14.4. The molecule has 0 aromatic carbocycles. The lowest BCUT2D eigenvalue weighted by molar-refractivity contribution is 1.47. The van der Waals surface area contributed by atoms with Gasteiger partial charge in [0.05, 0.1) is 11.4 Å². The summed E-state index contributed by atoms with van der Waals surface area (Å²) >= 11 is 0.